The van der Waals surface area contributed by atoms with Crippen molar-refractivity contribution < 1.29 is 13.2 Å². The van der Waals surface area contributed by atoms with Gasteiger partial charge in [0.05, 0.1) is 32.6 Å². The van der Waals surface area contributed by atoms with Crippen LogP contribution in [0.2, 0.25) is 0 Å². The lowest BCUT2D eigenvalue weighted by Crippen LogP contribution is -2.19. The maximum Gasteiger partial charge on any atom is 0.268 e. The van der Waals surface area contributed by atoms with Crippen molar-refractivity contribution in [3.05, 3.63) is 90.1 Å². The largest absolute Gasteiger partial charge is 0.272 e. The third-order valence-corrected chi connectivity index (χ3v) is 9.15. The minimum absolute atomic E-state index is 0.167. The molecule has 0 radical (unpaired) electrons. The molecule has 2 heterocycles. The van der Waals surface area contributed by atoms with Gasteiger partial charge in [-0.05, 0) is 37.3 Å². The van der Waals surface area contributed by atoms with Crippen LogP contribution < -0.4 is 5.43 Å². The lowest BCUT2D eigenvalue weighted by Gasteiger charge is -2.07. The number of thiazole rings is 1. The molecule has 3 aromatic carbocycles. The van der Waals surface area contributed by atoms with Crippen molar-refractivity contribution in [3.63, 3.8) is 0 Å². The molecule has 7 nitrogen and oxygen atoms in total. The highest BCUT2D eigenvalue weighted by atomic mass is 32.2. The molecule has 5 rings (SSSR count). The Kier molecular flexibility index (Phi) is 6.42. The van der Waals surface area contributed by atoms with Crippen LogP contribution in [0.1, 0.15) is 11.1 Å². The number of amides is 1. The maximum atomic E-state index is 13.3. The van der Waals surface area contributed by atoms with E-state index in [1.165, 1.54) is 39.5 Å². The number of aromatic nitrogens is 2. The fourth-order valence-electron chi connectivity index (χ4n) is 3.55. The molecular weight excluding hydrogens is 501 g/mol. The molecule has 2 aromatic heterocycles. The predicted octanol–water partition coefficient (Wildman–Crippen LogP) is 5.04. The van der Waals surface area contributed by atoms with E-state index in [0.717, 1.165) is 20.1 Å². The van der Waals surface area contributed by atoms with Gasteiger partial charge in [0.25, 0.3) is 15.9 Å². The summed E-state index contributed by atoms with van der Waals surface area (Å²) in [7, 11) is -3.79. The Labute approximate surface area is 210 Å². The number of thioether (sulfide) groups is 1. The highest BCUT2D eigenvalue weighted by Crippen LogP contribution is 2.29. The maximum absolute atomic E-state index is 13.3. The zero-order valence-electron chi connectivity index (χ0n) is 18.6. The van der Waals surface area contributed by atoms with Gasteiger partial charge in [0.1, 0.15) is 0 Å². The monoisotopic (exact) mass is 520 g/mol. The number of carbonyl (C=O) groups is 1. The van der Waals surface area contributed by atoms with E-state index < -0.39 is 10.0 Å². The molecule has 0 unspecified atom stereocenters. The molecule has 0 aliphatic carbocycles. The lowest BCUT2D eigenvalue weighted by molar-refractivity contribution is -0.118. The topological polar surface area (TPSA) is 93.4 Å². The highest BCUT2D eigenvalue weighted by Gasteiger charge is 2.20. The molecule has 0 atom stereocenters. The minimum atomic E-state index is -3.79. The number of nitrogens with zero attached hydrogens (tertiary/aromatic N) is 3. The standard InChI is InChI=1S/C25H20N4O3S3/c1-17-10-12-19(13-11-17)35(31,32)29-15-18(20-6-2-4-8-22(20)29)14-26-28-24(30)16-33-25-27-21-7-3-5-9-23(21)34-25/h2-15H,16H2,1H3,(H,28,30)/b26-14-. The summed E-state index contributed by atoms with van der Waals surface area (Å²) in [6, 6.07) is 21.7. The van der Waals surface area contributed by atoms with Crippen molar-refractivity contribution in [1.29, 1.82) is 0 Å². The molecule has 176 valence electrons. The average molecular weight is 521 g/mol. The third-order valence-electron chi connectivity index (χ3n) is 5.28. The van der Waals surface area contributed by atoms with Gasteiger partial charge in [0, 0.05) is 17.1 Å². The number of para-hydroxylation sites is 2. The van der Waals surface area contributed by atoms with Gasteiger partial charge < -0.3 is 0 Å². The van der Waals surface area contributed by atoms with Crippen molar-refractivity contribution in [2.24, 2.45) is 5.10 Å². The summed E-state index contributed by atoms with van der Waals surface area (Å²) in [5, 5.41) is 4.78. The lowest BCUT2D eigenvalue weighted by atomic mass is 10.2. The zero-order valence-corrected chi connectivity index (χ0v) is 21.0. The Hall–Kier alpha value is -3.47. The van der Waals surface area contributed by atoms with Crippen LogP contribution in [0.15, 0.2) is 93.3 Å². The van der Waals surface area contributed by atoms with Crippen LogP contribution in [0.4, 0.5) is 0 Å². The van der Waals surface area contributed by atoms with Crippen LogP contribution in [0, 0.1) is 6.92 Å². The predicted molar refractivity (Wildman–Crippen MR) is 142 cm³/mol. The van der Waals surface area contributed by atoms with Gasteiger partial charge in [-0.2, -0.15) is 5.10 Å². The summed E-state index contributed by atoms with van der Waals surface area (Å²) >= 11 is 2.89. The van der Waals surface area contributed by atoms with Crippen molar-refractivity contribution in [2.75, 3.05) is 5.75 Å². The molecule has 1 N–H and O–H groups in total. The molecule has 0 aliphatic heterocycles. The molecular formula is C25H20N4O3S3. The van der Waals surface area contributed by atoms with Crippen LogP contribution in [0.3, 0.4) is 0 Å². The summed E-state index contributed by atoms with van der Waals surface area (Å²) in [4.78, 5) is 17.0. The average Bonchev–Trinajstić information content (AvgIpc) is 3.45. The number of aryl methyl sites for hydroxylation is 1. The van der Waals surface area contributed by atoms with Gasteiger partial charge in [0.2, 0.25) is 0 Å². The number of hydrazone groups is 1. The zero-order chi connectivity index (χ0) is 24.4. The van der Waals surface area contributed by atoms with E-state index in [2.05, 4.69) is 15.5 Å². The Balaban J connectivity index is 1.32. The smallest absolute Gasteiger partial charge is 0.268 e. The summed E-state index contributed by atoms with van der Waals surface area (Å²) in [6.45, 7) is 1.90. The van der Waals surface area contributed by atoms with E-state index >= 15 is 0 Å². The molecule has 35 heavy (non-hydrogen) atoms. The van der Waals surface area contributed by atoms with Gasteiger partial charge in [-0.25, -0.2) is 22.8 Å². The number of carbonyl (C=O) groups excluding carboxylic acids is 1. The molecule has 0 saturated heterocycles. The molecule has 0 spiro atoms. The van der Waals surface area contributed by atoms with Crippen molar-refractivity contribution in [1.82, 2.24) is 14.4 Å². The minimum Gasteiger partial charge on any atom is -0.272 e. The highest BCUT2D eigenvalue weighted by molar-refractivity contribution is 8.01. The summed E-state index contributed by atoms with van der Waals surface area (Å²) < 4.78 is 29.7. The van der Waals surface area contributed by atoms with E-state index in [4.69, 9.17) is 0 Å². The number of hydrogen-bond acceptors (Lipinski definition) is 7. The molecule has 10 heteroatoms. The molecule has 5 aromatic rings. The summed E-state index contributed by atoms with van der Waals surface area (Å²) in [5.74, 6) is -0.109. The van der Waals surface area contributed by atoms with Gasteiger partial charge >= 0.3 is 0 Å². The van der Waals surface area contributed by atoms with Crippen LogP contribution in [-0.4, -0.2) is 35.2 Å². The second-order valence-electron chi connectivity index (χ2n) is 7.74. The van der Waals surface area contributed by atoms with Gasteiger partial charge in [-0.1, -0.05) is 59.8 Å². The summed E-state index contributed by atoms with van der Waals surface area (Å²) in [6.07, 6.45) is 2.98. The number of fused-ring (bicyclic) bond motifs is 2. The fraction of sp³-hybridized carbons (Fsp3) is 0.0800. The normalized spacial score (nSPS) is 12.0. The Morgan fingerprint density at radius 1 is 1.09 bits per heavy atom. The molecule has 0 bridgehead atoms. The first kappa shape index (κ1) is 23.3. The number of hydrogen-bond donors (Lipinski definition) is 1. The fourth-order valence-corrected chi connectivity index (χ4v) is 6.79. The number of nitrogens with one attached hydrogen (secondary N) is 1. The third kappa shape index (κ3) is 4.86. The number of rotatable bonds is 7. The second-order valence-corrected chi connectivity index (χ2v) is 11.8. The molecule has 0 aliphatic rings. The van der Waals surface area contributed by atoms with Gasteiger partial charge in [0.15, 0.2) is 4.34 Å². The number of benzene rings is 3. The van der Waals surface area contributed by atoms with Crippen molar-refractivity contribution in [2.45, 2.75) is 16.2 Å². The van der Waals surface area contributed by atoms with Crippen LogP contribution in [-0.2, 0) is 14.8 Å². The van der Waals surface area contributed by atoms with E-state index in [0.29, 0.717) is 16.5 Å². The first-order chi connectivity index (χ1) is 16.9. The van der Waals surface area contributed by atoms with E-state index in [-0.39, 0.29) is 16.6 Å². The van der Waals surface area contributed by atoms with E-state index in [1.807, 2.05) is 43.3 Å². The molecule has 1 amide bonds. The van der Waals surface area contributed by atoms with E-state index in [9.17, 15) is 13.2 Å². The first-order valence-corrected chi connectivity index (χ1v) is 13.9. The Morgan fingerprint density at radius 2 is 1.83 bits per heavy atom. The van der Waals surface area contributed by atoms with Crippen LogP contribution >= 0.6 is 23.1 Å². The van der Waals surface area contributed by atoms with Crippen LogP contribution in [0.25, 0.3) is 21.1 Å². The summed E-state index contributed by atoms with van der Waals surface area (Å²) in [5.41, 5.74) is 5.52. The Morgan fingerprint density at radius 3 is 2.63 bits per heavy atom. The SMILES string of the molecule is Cc1ccc(S(=O)(=O)n2cc(/C=N\NC(=O)CSc3nc4ccccc4s3)c3ccccc32)cc1. The molecule has 0 fully saturated rings. The first-order valence-electron chi connectivity index (χ1n) is 10.6. The van der Waals surface area contributed by atoms with Crippen molar-refractivity contribution in [3.8, 4) is 0 Å². The Bertz CT molecular complexity index is 1640. The van der Waals surface area contributed by atoms with Crippen LogP contribution in [0.5, 0.6) is 0 Å². The molecule has 0 saturated carbocycles. The van der Waals surface area contributed by atoms with E-state index in [1.54, 1.807) is 36.4 Å². The van der Waals surface area contributed by atoms with Gasteiger partial charge in [-0.3, -0.25) is 4.79 Å². The van der Waals surface area contributed by atoms with Crippen molar-refractivity contribution >= 4 is 66.4 Å². The second kappa shape index (κ2) is 9.65. The quantitative estimate of drug-likeness (QED) is 0.184. The van der Waals surface area contributed by atoms with Gasteiger partial charge in [-0.15, -0.1) is 11.3 Å².